The molecule has 2 aromatic carbocycles. The number of fused-ring (bicyclic) bond motifs is 1. The number of halogens is 2. The zero-order valence-corrected chi connectivity index (χ0v) is 13.4. The van der Waals surface area contributed by atoms with Crippen molar-refractivity contribution in [2.24, 2.45) is 0 Å². The predicted molar refractivity (Wildman–Crippen MR) is 85.9 cm³/mol. The van der Waals surface area contributed by atoms with Crippen molar-refractivity contribution in [1.82, 2.24) is 0 Å². The summed E-state index contributed by atoms with van der Waals surface area (Å²) < 4.78 is 18.9. The van der Waals surface area contributed by atoms with Gasteiger partial charge in [-0.05, 0) is 36.4 Å². The largest absolute Gasteiger partial charge is 0.497 e. The molecule has 1 aliphatic rings. The minimum Gasteiger partial charge on any atom is -0.497 e. The van der Waals surface area contributed by atoms with E-state index in [0.29, 0.717) is 5.75 Å². The van der Waals surface area contributed by atoms with Crippen LogP contribution in [0.5, 0.6) is 5.75 Å². The molecule has 7 heteroatoms. The lowest BCUT2D eigenvalue weighted by Gasteiger charge is -2.21. The molecule has 0 bridgehead atoms. The normalized spacial score (nSPS) is 18.9. The first-order valence-corrected chi connectivity index (χ1v) is 7.44. The maximum Gasteiger partial charge on any atom is 0.261 e. The van der Waals surface area contributed by atoms with E-state index >= 15 is 0 Å². The lowest BCUT2D eigenvalue weighted by atomic mass is 9.88. The molecule has 0 saturated carbocycles. The summed E-state index contributed by atoms with van der Waals surface area (Å²) in [7, 11) is 1.50. The summed E-state index contributed by atoms with van der Waals surface area (Å²) in [6.45, 7) is 0. The Kier molecular flexibility index (Phi) is 4.03. The summed E-state index contributed by atoms with van der Waals surface area (Å²) >= 11 is 6.01. The Morgan fingerprint density at radius 2 is 1.96 bits per heavy atom. The van der Waals surface area contributed by atoms with Gasteiger partial charge in [0.1, 0.15) is 11.6 Å². The van der Waals surface area contributed by atoms with Gasteiger partial charge in [0.2, 0.25) is 0 Å². The molecule has 2 aromatic rings. The Labute approximate surface area is 142 Å². The zero-order chi connectivity index (χ0) is 17.5. The number of methoxy groups -OCH3 is 1. The fourth-order valence-electron chi connectivity index (χ4n) is 2.69. The van der Waals surface area contributed by atoms with Crippen LogP contribution in [-0.2, 0) is 10.4 Å². The fraction of sp³-hybridized carbons (Fsp3) is 0.176. The van der Waals surface area contributed by atoms with E-state index in [1.165, 1.54) is 25.3 Å². The Bertz CT molecular complexity index is 837. The number of carbonyl (C=O) groups excluding carboxylic acids is 2. The van der Waals surface area contributed by atoms with Crippen molar-refractivity contribution in [2.45, 2.75) is 12.0 Å². The molecule has 1 atom stereocenters. The van der Waals surface area contributed by atoms with Gasteiger partial charge < -0.3 is 15.2 Å². The summed E-state index contributed by atoms with van der Waals surface area (Å²) in [4.78, 5) is 24.6. The van der Waals surface area contributed by atoms with Gasteiger partial charge >= 0.3 is 0 Å². The van der Waals surface area contributed by atoms with Crippen molar-refractivity contribution in [1.29, 1.82) is 0 Å². The number of amides is 1. The number of benzene rings is 2. The van der Waals surface area contributed by atoms with Crippen LogP contribution in [0.1, 0.15) is 22.3 Å². The van der Waals surface area contributed by atoms with Gasteiger partial charge in [-0.3, -0.25) is 9.59 Å². The molecular weight excluding hydrogens is 337 g/mol. The Balaban J connectivity index is 1.96. The zero-order valence-electron chi connectivity index (χ0n) is 12.6. The van der Waals surface area contributed by atoms with Gasteiger partial charge in [-0.2, -0.15) is 0 Å². The SMILES string of the molecule is COc1ccc(C(=O)CC2(O)C(=O)Nc3c(F)ccc(Cl)c32)cc1. The minimum atomic E-state index is -2.22. The van der Waals surface area contributed by atoms with Crippen molar-refractivity contribution in [3.63, 3.8) is 0 Å². The number of hydrogen-bond donors (Lipinski definition) is 2. The van der Waals surface area contributed by atoms with Crippen LogP contribution in [0.4, 0.5) is 10.1 Å². The van der Waals surface area contributed by atoms with Gasteiger partial charge in [0.15, 0.2) is 11.4 Å². The van der Waals surface area contributed by atoms with Crippen LogP contribution in [0.25, 0.3) is 0 Å². The Hall–Kier alpha value is -2.44. The number of hydrogen-bond acceptors (Lipinski definition) is 4. The second-order valence-electron chi connectivity index (χ2n) is 5.42. The maximum atomic E-state index is 13.8. The van der Waals surface area contributed by atoms with Crippen molar-refractivity contribution >= 4 is 29.0 Å². The lowest BCUT2D eigenvalue weighted by molar-refractivity contribution is -0.133. The minimum absolute atomic E-state index is 0.00906. The molecule has 1 heterocycles. The van der Waals surface area contributed by atoms with E-state index in [4.69, 9.17) is 16.3 Å². The molecule has 24 heavy (non-hydrogen) atoms. The van der Waals surface area contributed by atoms with Crippen molar-refractivity contribution in [3.05, 3.63) is 58.4 Å². The third kappa shape index (κ3) is 2.53. The smallest absolute Gasteiger partial charge is 0.261 e. The third-order valence-corrected chi connectivity index (χ3v) is 4.27. The highest BCUT2D eigenvalue weighted by atomic mass is 35.5. The van der Waals surface area contributed by atoms with Crippen LogP contribution < -0.4 is 10.1 Å². The van der Waals surface area contributed by atoms with Crippen molar-refractivity contribution in [2.75, 3.05) is 12.4 Å². The molecule has 1 amide bonds. The van der Waals surface area contributed by atoms with Crippen molar-refractivity contribution < 1.29 is 23.8 Å². The van der Waals surface area contributed by atoms with E-state index in [1.54, 1.807) is 12.1 Å². The maximum absolute atomic E-state index is 13.8. The summed E-state index contributed by atoms with van der Waals surface area (Å²) in [6, 6.07) is 8.54. The van der Waals surface area contributed by atoms with Gasteiger partial charge in [0.05, 0.1) is 19.2 Å². The third-order valence-electron chi connectivity index (χ3n) is 3.96. The average Bonchev–Trinajstić information content (AvgIpc) is 2.83. The van der Waals surface area contributed by atoms with Gasteiger partial charge in [0.25, 0.3) is 5.91 Å². The second kappa shape index (κ2) is 5.89. The van der Waals surface area contributed by atoms with Crippen LogP contribution in [0.15, 0.2) is 36.4 Å². The molecule has 124 valence electrons. The highest BCUT2D eigenvalue weighted by Crippen LogP contribution is 2.44. The summed E-state index contributed by atoms with van der Waals surface area (Å²) in [5.74, 6) is -1.52. The van der Waals surface area contributed by atoms with Gasteiger partial charge in [0, 0.05) is 16.1 Å². The summed E-state index contributed by atoms with van der Waals surface area (Å²) in [5, 5.41) is 13.0. The molecule has 0 aromatic heterocycles. The molecule has 0 aliphatic carbocycles. The molecule has 0 spiro atoms. The number of aliphatic hydroxyl groups is 1. The van der Waals surface area contributed by atoms with Crippen molar-refractivity contribution in [3.8, 4) is 5.75 Å². The molecule has 1 aliphatic heterocycles. The molecule has 2 N–H and O–H groups in total. The number of anilines is 1. The Morgan fingerprint density at radius 1 is 1.29 bits per heavy atom. The van der Waals surface area contributed by atoms with E-state index in [-0.39, 0.29) is 21.8 Å². The number of ketones is 1. The first-order chi connectivity index (χ1) is 11.4. The van der Waals surface area contributed by atoms with Gasteiger partial charge in [-0.25, -0.2) is 4.39 Å². The quantitative estimate of drug-likeness (QED) is 0.832. The van der Waals surface area contributed by atoms with Crippen LogP contribution in [0.2, 0.25) is 5.02 Å². The number of ether oxygens (including phenoxy) is 1. The van der Waals surface area contributed by atoms with E-state index < -0.39 is 29.5 Å². The average molecular weight is 350 g/mol. The fourth-order valence-corrected chi connectivity index (χ4v) is 3.00. The highest BCUT2D eigenvalue weighted by Gasteiger charge is 2.49. The van der Waals surface area contributed by atoms with Gasteiger partial charge in [-0.15, -0.1) is 0 Å². The highest BCUT2D eigenvalue weighted by molar-refractivity contribution is 6.33. The standard InChI is InChI=1S/C17H13ClFNO4/c1-24-10-4-2-9(3-5-10)13(21)8-17(23)14-11(18)6-7-12(19)15(14)20-16(17)22/h2-7,23H,8H2,1H3,(H,20,22). The Morgan fingerprint density at radius 3 is 2.58 bits per heavy atom. The number of nitrogens with one attached hydrogen (secondary N) is 1. The van der Waals surface area contributed by atoms with E-state index in [2.05, 4.69) is 5.32 Å². The predicted octanol–water partition coefficient (Wildman–Crippen LogP) is 2.90. The topological polar surface area (TPSA) is 75.6 Å². The molecular formula is C17H13ClFNO4. The van der Waals surface area contributed by atoms with Crippen LogP contribution >= 0.6 is 11.6 Å². The van der Waals surface area contributed by atoms with E-state index in [1.807, 2.05) is 0 Å². The first kappa shape index (κ1) is 16.4. The molecule has 0 fully saturated rings. The lowest BCUT2D eigenvalue weighted by Crippen LogP contribution is -2.36. The molecule has 3 rings (SSSR count). The monoisotopic (exact) mass is 349 g/mol. The second-order valence-corrected chi connectivity index (χ2v) is 5.83. The molecule has 5 nitrogen and oxygen atoms in total. The molecule has 0 saturated heterocycles. The van der Waals surface area contributed by atoms with Crippen LogP contribution in [0, 0.1) is 5.82 Å². The molecule has 0 radical (unpaired) electrons. The summed E-state index contributed by atoms with van der Waals surface area (Å²) in [6.07, 6.45) is -0.554. The van der Waals surface area contributed by atoms with Crippen LogP contribution in [0.3, 0.4) is 0 Å². The number of Topliss-reactive ketones (excluding diaryl/α,β-unsaturated/α-hetero) is 1. The molecule has 1 unspecified atom stereocenters. The summed E-state index contributed by atoms with van der Waals surface area (Å²) in [5.41, 5.74) is -2.24. The first-order valence-electron chi connectivity index (χ1n) is 7.06. The van der Waals surface area contributed by atoms with Crippen LogP contribution in [-0.4, -0.2) is 23.9 Å². The van der Waals surface area contributed by atoms with E-state index in [9.17, 15) is 19.1 Å². The van der Waals surface area contributed by atoms with Gasteiger partial charge in [-0.1, -0.05) is 11.6 Å². The van der Waals surface area contributed by atoms with E-state index in [0.717, 1.165) is 6.07 Å². The number of carbonyl (C=O) groups is 2. The number of rotatable bonds is 4.